The smallest absolute Gasteiger partial charge is 0.279 e. The van der Waals surface area contributed by atoms with Crippen LogP contribution in [0.1, 0.15) is 26.2 Å². The lowest BCUT2D eigenvalue weighted by molar-refractivity contribution is 0.0515. The van der Waals surface area contributed by atoms with Gasteiger partial charge < -0.3 is 5.11 Å². The predicted octanol–water partition coefficient (Wildman–Crippen LogP) is 1.80. The van der Waals surface area contributed by atoms with Crippen molar-refractivity contribution in [3.63, 3.8) is 0 Å². The Bertz CT molecular complexity index is 125. The highest BCUT2D eigenvalue weighted by Gasteiger charge is 2.67. The van der Waals surface area contributed by atoms with Gasteiger partial charge in [0.25, 0.3) is 5.92 Å². The van der Waals surface area contributed by atoms with Crippen molar-refractivity contribution in [3.8, 4) is 0 Å². The van der Waals surface area contributed by atoms with Crippen LogP contribution < -0.4 is 0 Å². The molecule has 0 aromatic heterocycles. The van der Waals surface area contributed by atoms with Gasteiger partial charge in [0.1, 0.15) is 6.10 Å². The Morgan fingerprint density at radius 3 is 2.30 bits per heavy atom. The van der Waals surface area contributed by atoms with Crippen LogP contribution in [0.4, 0.5) is 8.78 Å². The standard InChI is InChI=1S/C7H12F2O/c1-2-3-4-5-6(10)7(5,8)9/h5-6,10H,2-4H2,1H3. The average molecular weight is 150 g/mol. The molecule has 1 saturated carbocycles. The van der Waals surface area contributed by atoms with E-state index >= 15 is 0 Å². The molecule has 60 valence electrons. The molecule has 0 spiro atoms. The average Bonchev–Trinajstić information content (AvgIpc) is 2.31. The molecule has 0 aliphatic heterocycles. The van der Waals surface area contributed by atoms with Gasteiger partial charge in [0, 0.05) is 0 Å². The zero-order valence-electron chi connectivity index (χ0n) is 5.98. The van der Waals surface area contributed by atoms with Crippen molar-refractivity contribution < 1.29 is 13.9 Å². The van der Waals surface area contributed by atoms with Gasteiger partial charge in [-0.1, -0.05) is 19.8 Å². The Kier molecular flexibility index (Phi) is 1.95. The Labute approximate surface area is 59.0 Å². The van der Waals surface area contributed by atoms with Crippen molar-refractivity contribution in [3.05, 3.63) is 0 Å². The number of hydrogen-bond acceptors (Lipinski definition) is 1. The van der Waals surface area contributed by atoms with E-state index in [4.69, 9.17) is 5.11 Å². The van der Waals surface area contributed by atoms with Crippen molar-refractivity contribution in [2.45, 2.75) is 38.2 Å². The fourth-order valence-corrected chi connectivity index (χ4v) is 1.15. The van der Waals surface area contributed by atoms with Crippen molar-refractivity contribution >= 4 is 0 Å². The van der Waals surface area contributed by atoms with Gasteiger partial charge in [0.05, 0.1) is 5.92 Å². The maximum atomic E-state index is 12.3. The largest absolute Gasteiger partial charge is 0.386 e. The van der Waals surface area contributed by atoms with Crippen LogP contribution in [0, 0.1) is 5.92 Å². The van der Waals surface area contributed by atoms with E-state index in [-0.39, 0.29) is 0 Å². The van der Waals surface area contributed by atoms with Gasteiger partial charge in [-0.15, -0.1) is 0 Å². The number of aliphatic hydroxyl groups excluding tert-OH is 1. The van der Waals surface area contributed by atoms with E-state index in [9.17, 15) is 8.78 Å². The van der Waals surface area contributed by atoms with E-state index < -0.39 is 17.9 Å². The molecule has 1 aliphatic rings. The summed E-state index contributed by atoms with van der Waals surface area (Å²) < 4.78 is 24.5. The van der Waals surface area contributed by atoms with Crippen LogP contribution in [0.5, 0.6) is 0 Å². The van der Waals surface area contributed by atoms with Crippen molar-refractivity contribution in [2.75, 3.05) is 0 Å². The molecule has 3 heteroatoms. The SMILES string of the molecule is CCCCC1C(O)C1(F)F. The molecular weight excluding hydrogens is 138 g/mol. The van der Waals surface area contributed by atoms with Gasteiger partial charge >= 0.3 is 0 Å². The minimum absolute atomic E-state index is 0.463. The van der Waals surface area contributed by atoms with E-state index in [2.05, 4.69) is 0 Å². The molecule has 1 nitrogen and oxygen atoms in total. The quantitative estimate of drug-likeness (QED) is 0.650. The number of halogens is 2. The highest BCUT2D eigenvalue weighted by molar-refractivity contribution is 5.05. The van der Waals surface area contributed by atoms with Gasteiger partial charge in [0.15, 0.2) is 0 Å². The highest BCUT2D eigenvalue weighted by atomic mass is 19.3. The zero-order valence-corrected chi connectivity index (χ0v) is 5.98. The van der Waals surface area contributed by atoms with Gasteiger partial charge in [0.2, 0.25) is 0 Å². The number of hydrogen-bond donors (Lipinski definition) is 1. The van der Waals surface area contributed by atoms with E-state index in [0.717, 1.165) is 12.8 Å². The summed E-state index contributed by atoms with van der Waals surface area (Å²) in [5.74, 6) is -3.51. The van der Waals surface area contributed by atoms with Gasteiger partial charge in [-0.25, -0.2) is 8.78 Å². The summed E-state index contributed by atoms with van der Waals surface area (Å²) in [7, 11) is 0. The minimum atomic E-state index is -2.77. The van der Waals surface area contributed by atoms with Gasteiger partial charge in [-0.05, 0) is 6.42 Å². The Morgan fingerprint density at radius 1 is 1.50 bits per heavy atom. The summed E-state index contributed by atoms with van der Waals surface area (Å²) in [5.41, 5.74) is 0. The van der Waals surface area contributed by atoms with Crippen LogP contribution in [0.15, 0.2) is 0 Å². The first-order valence-electron chi connectivity index (χ1n) is 3.66. The van der Waals surface area contributed by atoms with Crippen molar-refractivity contribution in [2.24, 2.45) is 5.92 Å². The maximum Gasteiger partial charge on any atom is 0.279 e. The Balaban J connectivity index is 2.22. The van der Waals surface area contributed by atoms with Crippen LogP contribution in [0.2, 0.25) is 0 Å². The fourth-order valence-electron chi connectivity index (χ4n) is 1.15. The number of aliphatic hydroxyl groups is 1. The molecule has 0 heterocycles. The molecule has 1 rings (SSSR count). The third-order valence-electron chi connectivity index (χ3n) is 2.03. The second-order valence-electron chi connectivity index (χ2n) is 2.87. The molecule has 2 atom stereocenters. The molecule has 0 bridgehead atoms. The molecule has 1 N–H and O–H groups in total. The molecule has 10 heavy (non-hydrogen) atoms. The first-order valence-corrected chi connectivity index (χ1v) is 3.66. The van der Waals surface area contributed by atoms with E-state index in [1.54, 1.807) is 0 Å². The molecule has 0 amide bonds. The number of unbranched alkanes of at least 4 members (excludes halogenated alkanes) is 1. The lowest BCUT2D eigenvalue weighted by Crippen LogP contribution is -1.96. The normalized spacial score (nSPS) is 36.0. The third kappa shape index (κ3) is 1.15. The Hall–Kier alpha value is -0.180. The van der Waals surface area contributed by atoms with Crippen LogP contribution in [0.25, 0.3) is 0 Å². The third-order valence-corrected chi connectivity index (χ3v) is 2.03. The summed E-state index contributed by atoms with van der Waals surface area (Å²) >= 11 is 0. The molecule has 0 radical (unpaired) electrons. The lowest BCUT2D eigenvalue weighted by Gasteiger charge is -1.92. The zero-order chi connectivity index (χ0) is 7.78. The van der Waals surface area contributed by atoms with Crippen molar-refractivity contribution in [1.29, 1.82) is 0 Å². The second kappa shape index (κ2) is 2.46. The summed E-state index contributed by atoms with van der Waals surface area (Å²) in [6.07, 6.45) is 0.820. The molecular formula is C7H12F2O. The number of alkyl halides is 2. The molecule has 0 saturated heterocycles. The van der Waals surface area contributed by atoms with Crippen LogP contribution in [-0.4, -0.2) is 17.1 Å². The Morgan fingerprint density at radius 2 is 2.00 bits per heavy atom. The second-order valence-corrected chi connectivity index (χ2v) is 2.87. The van der Waals surface area contributed by atoms with Crippen LogP contribution >= 0.6 is 0 Å². The summed E-state index contributed by atoms with van der Waals surface area (Å²) in [6, 6.07) is 0. The van der Waals surface area contributed by atoms with Crippen LogP contribution in [0.3, 0.4) is 0 Å². The first kappa shape index (κ1) is 7.92. The fraction of sp³-hybridized carbons (Fsp3) is 1.00. The first-order chi connectivity index (χ1) is 4.60. The molecule has 2 unspecified atom stereocenters. The minimum Gasteiger partial charge on any atom is -0.386 e. The van der Waals surface area contributed by atoms with Crippen molar-refractivity contribution in [1.82, 2.24) is 0 Å². The topological polar surface area (TPSA) is 20.2 Å². The molecule has 1 aliphatic carbocycles. The summed E-state index contributed by atoms with van der Waals surface area (Å²) in [5, 5.41) is 8.63. The highest BCUT2D eigenvalue weighted by Crippen LogP contribution is 2.51. The molecule has 0 aromatic rings. The number of rotatable bonds is 3. The van der Waals surface area contributed by atoms with E-state index in [1.807, 2.05) is 6.92 Å². The maximum absolute atomic E-state index is 12.3. The summed E-state index contributed by atoms with van der Waals surface area (Å²) in [4.78, 5) is 0. The van der Waals surface area contributed by atoms with E-state index in [1.165, 1.54) is 0 Å². The molecule has 1 fully saturated rings. The van der Waals surface area contributed by atoms with Gasteiger partial charge in [-0.3, -0.25) is 0 Å². The lowest BCUT2D eigenvalue weighted by atomic mass is 10.2. The molecule has 0 aromatic carbocycles. The van der Waals surface area contributed by atoms with E-state index in [0.29, 0.717) is 6.42 Å². The van der Waals surface area contributed by atoms with Crippen LogP contribution in [-0.2, 0) is 0 Å². The van der Waals surface area contributed by atoms with Gasteiger partial charge in [-0.2, -0.15) is 0 Å². The monoisotopic (exact) mass is 150 g/mol. The summed E-state index contributed by atoms with van der Waals surface area (Å²) in [6.45, 7) is 1.95. The predicted molar refractivity (Wildman–Crippen MR) is 34.0 cm³/mol.